The minimum absolute atomic E-state index is 0.114. The molecule has 9 nitrogen and oxygen atoms in total. The number of aromatic nitrogens is 4. The van der Waals surface area contributed by atoms with Gasteiger partial charge in [0.05, 0.1) is 24.6 Å². The molecule has 42 heavy (non-hydrogen) atoms. The number of piperazine rings is 1. The van der Waals surface area contributed by atoms with E-state index in [1.54, 1.807) is 37.4 Å². The SMILES string of the molecule is C#CCC(F)(/C=C/C)CC(=O)N1CCN(Cc2ccnc(Nc3nc4ccc(-c5cccnc5OC)cc4[nH]3)c2)CC1. The van der Waals surface area contributed by atoms with Crippen LogP contribution >= 0.6 is 0 Å². The molecule has 5 rings (SSSR count). The Kier molecular flexibility index (Phi) is 8.79. The lowest BCUT2D eigenvalue weighted by Gasteiger charge is -2.35. The number of imidazole rings is 1. The Balaban J connectivity index is 1.19. The summed E-state index contributed by atoms with van der Waals surface area (Å²) < 4.78 is 20.4. The number of pyridine rings is 2. The van der Waals surface area contributed by atoms with E-state index >= 15 is 4.39 Å². The molecule has 1 aliphatic heterocycles. The Labute approximate surface area is 244 Å². The smallest absolute Gasteiger partial charge is 0.226 e. The van der Waals surface area contributed by atoms with Crippen LogP contribution in [0, 0.1) is 12.3 Å². The molecule has 1 atom stereocenters. The monoisotopic (exact) mass is 567 g/mol. The molecule has 0 spiro atoms. The Hall–Kier alpha value is -4.75. The molecule has 4 aromatic rings. The van der Waals surface area contributed by atoms with Gasteiger partial charge in [-0.1, -0.05) is 18.2 Å². The predicted molar refractivity (Wildman–Crippen MR) is 162 cm³/mol. The average Bonchev–Trinajstić information content (AvgIpc) is 3.39. The molecule has 1 fully saturated rings. The number of benzene rings is 1. The third-order valence-corrected chi connectivity index (χ3v) is 7.27. The third kappa shape index (κ3) is 6.75. The molecule has 0 saturated carbocycles. The van der Waals surface area contributed by atoms with E-state index in [4.69, 9.17) is 11.2 Å². The molecule has 1 amide bonds. The Morgan fingerprint density at radius 3 is 2.79 bits per heavy atom. The van der Waals surface area contributed by atoms with E-state index in [0.717, 1.165) is 27.7 Å². The molecule has 3 aromatic heterocycles. The summed E-state index contributed by atoms with van der Waals surface area (Å²) in [4.78, 5) is 33.5. The fourth-order valence-electron chi connectivity index (χ4n) is 5.20. The minimum Gasteiger partial charge on any atom is -0.481 e. The maximum atomic E-state index is 15.0. The molecule has 0 radical (unpaired) electrons. The second kappa shape index (κ2) is 12.8. The number of carbonyl (C=O) groups excluding carboxylic acids is 1. The maximum Gasteiger partial charge on any atom is 0.226 e. The molecule has 2 N–H and O–H groups in total. The molecule has 1 saturated heterocycles. The average molecular weight is 568 g/mol. The number of H-pyrrole nitrogens is 1. The molecular formula is C32H34FN7O2. The van der Waals surface area contributed by atoms with Crippen molar-refractivity contribution in [2.45, 2.75) is 32.0 Å². The highest BCUT2D eigenvalue weighted by Gasteiger charge is 2.32. The van der Waals surface area contributed by atoms with Gasteiger partial charge in [0, 0.05) is 57.1 Å². The summed E-state index contributed by atoms with van der Waals surface area (Å²) in [5.74, 6) is 3.96. The van der Waals surface area contributed by atoms with E-state index in [9.17, 15) is 4.79 Å². The van der Waals surface area contributed by atoms with Gasteiger partial charge >= 0.3 is 0 Å². The van der Waals surface area contributed by atoms with Crippen molar-refractivity contribution in [1.82, 2.24) is 29.7 Å². The fourth-order valence-corrected chi connectivity index (χ4v) is 5.20. The van der Waals surface area contributed by atoms with Crippen molar-refractivity contribution in [1.29, 1.82) is 0 Å². The van der Waals surface area contributed by atoms with Crippen molar-refractivity contribution >= 4 is 28.7 Å². The van der Waals surface area contributed by atoms with Crippen LogP contribution in [0.1, 0.15) is 25.3 Å². The van der Waals surface area contributed by atoms with Gasteiger partial charge in [-0.05, 0) is 54.4 Å². The molecule has 216 valence electrons. The van der Waals surface area contributed by atoms with Gasteiger partial charge in [-0.2, -0.15) is 0 Å². The Morgan fingerprint density at radius 2 is 2.02 bits per heavy atom. The topological polar surface area (TPSA) is 99.3 Å². The fraction of sp³-hybridized carbons (Fsp3) is 0.312. The van der Waals surface area contributed by atoms with Crippen molar-refractivity contribution in [3.8, 4) is 29.4 Å². The molecule has 4 heterocycles. The Morgan fingerprint density at radius 1 is 1.19 bits per heavy atom. The standard InChI is InChI=1S/C32H34FN7O2/c1-4-11-32(33,12-5-2)21-29(41)40-17-15-39(16-18-40)22-23-10-14-34-28(19-23)38-31-36-26-9-8-24(20-27(26)37-31)25-7-6-13-35-30(25)42-3/h1,5-10,12-14,19-20H,11,15-18,21-22H2,2-3H3,(H2,34,36,37,38)/b12-5+. The number of ether oxygens (including phenoxy) is 1. The number of alkyl halides is 1. The number of hydrogen-bond acceptors (Lipinski definition) is 7. The summed E-state index contributed by atoms with van der Waals surface area (Å²) in [5.41, 5.74) is 2.85. The van der Waals surface area contributed by atoms with Crippen molar-refractivity contribution in [2.75, 3.05) is 38.6 Å². The van der Waals surface area contributed by atoms with Crippen LogP contribution in [0.15, 0.2) is 67.0 Å². The zero-order chi connectivity index (χ0) is 29.5. The van der Waals surface area contributed by atoms with Crippen LogP contribution in [0.2, 0.25) is 0 Å². The number of anilines is 2. The number of methoxy groups -OCH3 is 1. The number of halogens is 1. The van der Waals surface area contributed by atoms with Crippen molar-refractivity contribution in [2.24, 2.45) is 0 Å². The van der Waals surface area contributed by atoms with E-state index < -0.39 is 5.67 Å². The molecule has 10 heteroatoms. The minimum atomic E-state index is -1.80. The number of rotatable bonds is 10. The van der Waals surface area contributed by atoms with Gasteiger partial charge in [-0.15, -0.1) is 12.3 Å². The van der Waals surface area contributed by atoms with Gasteiger partial charge in [0.2, 0.25) is 17.7 Å². The number of fused-ring (bicyclic) bond motifs is 1. The lowest BCUT2D eigenvalue weighted by Crippen LogP contribution is -2.49. The zero-order valence-corrected chi connectivity index (χ0v) is 23.8. The van der Waals surface area contributed by atoms with Crippen LogP contribution in [0.3, 0.4) is 0 Å². The summed E-state index contributed by atoms with van der Waals surface area (Å²) in [6.45, 7) is 4.91. The second-order valence-corrected chi connectivity index (χ2v) is 10.3. The number of nitrogens with one attached hydrogen (secondary N) is 2. The second-order valence-electron chi connectivity index (χ2n) is 10.3. The van der Waals surface area contributed by atoms with Crippen molar-refractivity contribution in [3.63, 3.8) is 0 Å². The van der Waals surface area contributed by atoms with Crippen LogP contribution in [0.4, 0.5) is 16.2 Å². The number of terminal acetylenes is 1. The van der Waals surface area contributed by atoms with E-state index in [2.05, 4.69) is 36.1 Å². The van der Waals surface area contributed by atoms with Gasteiger partial charge in [0.1, 0.15) is 11.5 Å². The molecule has 1 aliphatic rings. The molecule has 1 unspecified atom stereocenters. The Bertz CT molecular complexity index is 1620. The summed E-state index contributed by atoms with van der Waals surface area (Å²) in [6.07, 6.45) is 11.4. The van der Waals surface area contributed by atoms with E-state index in [-0.39, 0.29) is 18.7 Å². The van der Waals surface area contributed by atoms with Gasteiger partial charge in [-0.25, -0.2) is 19.3 Å². The molecular weight excluding hydrogens is 533 g/mol. The van der Waals surface area contributed by atoms with Gasteiger partial charge in [0.15, 0.2) is 0 Å². The summed E-state index contributed by atoms with van der Waals surface area (Å²) in [7, 11) is 1.61. The van der Waals surface area contributed by atoms with Crippen LogP contribution in [-0.4, -0.2) is 74.6 Å². The van der Waals surface area contributed by atoms with E-state index in [1.807, 2.05) is 42.5 Å². The van der Waals surface area contributed by atoms with Crippen LogP contribution in [-0.2, 0) is 11.3 Å². The lowest BCUT2D eigenvalue weighted by molar-refractivity contribution is -0.135. The van der Waals surface area contributed by atoms with Crippen LogP contribution in [0.25, 0.3) is 22.2 Å². The first-order valence-corrected chi connectivity index (χ1v) is 13.9. The molecule has 1 aromatic carbocycles. The van der Waals surface area contributed by atoms with Crippen LogP contribution < -0.4 is 10.1 Å². The summed E-state index contributed by atoms with van der Waals surface area (Å²) >= 11 is 0. The number of hydrogen-bond donors (Lipinski definition) is 2. The highest BCUT2D eigenvalue weighted by Crippen LogP contribution is 2.30. The van der Waals surface area contributed by atoms with Gasteiger partial charge in [-0.3, -0.25) is 9.69 Å². The highest BCUT2D eigenvalue weighted by atomic mass is 19.1. The van der Waals surface area contributed by atoms with Crippen LogP contribution in [0.5, 0.6) is 5.88 Å². The largest absolute Gasteiger partial charge is 0.481 e. The zero-order valence-electron chi connectivity index (χ0n) is 23.8. The number of allylic oxidation sites excluding steroid dienone is 2. The number of carbonyl (C=O) groups is 1. The van der Waals surface area contributed by atoms with E-state index in [0.29, 0.717) is 50.4 Å². The van der Waals surface area contributed by atoms with Gasteiger partial charge < -0.3 is 19.9 Å². The quantitative estimate of drug-likeness (QED) is 0.203. The van der Waals surface area contributed by atoms with Crippen molar-refractivity contribution in [3.05, 3.63) is 72.6 Å². The first-order chi connectivity index (χ1) is 20.4. The number of nitrogens with zero attached hydrogens (tertiary/aromatic N) is 5. The number of amides is 1. The highest BCUT2D eigenvalue weighted by molar-refractivity contribution is 5.85. The maximum absolute atomic E-state index is 15.0. The van der Waals surface area contributed by atoms with Gasteiger partial charge in [0.25, 0.3) is 0 Å². The summed E-state index contributed by atoms with van der Waals surface area (Å²) in [5, 5.41) is 3.28. The first kappa shape index (κ1) is 28.8. The van der Waals surface area contributed by atoms with E-state index in [1.165, 1.54) is 6.08 Å². The number of aromatic amines is 1. The normalized spacial score (nSPS) is 15.4. The molecule has 0 bridgehead atoms. The predicted octanol–water partition coefficient (Wildman–Crippen LogP) is 5.11. The third-order valence-electron chi connectivity index (χ3n) is 7.27. The lowest BCUT2D eigenvalue weighted by atomic mass is 9.96. The van der Waals surface area contributed by atoms with Crippen molar-refractivity contribution < 1.29 is 13.9 Å². The summed E-state index contributed by atoms with van der Waals surface area (Å²) in [6, 6.07) is 13.8. The molecule has 0 aliphatic carbocycles. The first-order valence-electron chi connectivity index (χ1n) is 13.9.